The van der Waals surface area contributed by atoms with Crippen LogP contribution in [0.25, 0.3) is 5.78 Å². The molecule has 7 heteroatoms. The van der Waals surface area contributed by atoms with Crippen molar-refractivity contribution in [3.05, 3.63) is 58.0 Å². The van der Waals surface area contributed by atoms with Crippen LogP contribution in [-0.4, -0.2) is 31.1 Å². The minimum absolute atomic E-state index is 0.0359. The van der Waals surface area contributed by atoms with E-state index < -0.39 is 0 Å². The topological polar surface area (TPSA) is 80.1 Å². The zero-order valence-corrected chi connectivity index (χ0v) is 13.5. The molecule has 0 aliphatic rings. The van der Waals surface area contributed by atoms with E-state index in [-0.39, 0.29) is 17.1 Å². The fourth-order valence-corrected chi connectivity index (χ4v) is 3.20. The molecule has 0 aliphatic heterocycles. The van der Waals surface area contributed by atoms with E-state index in [1.165, 1.54) is 11.8 Å². The van der Waals surface area contributed by atoms with Crippen LogP contribution in [0.5, 0.6) is 0 Å². The molecule has 0 atom stereocenters. The number of aromatic amines is 1. The Hall–Kier alpha value is -2.41. The third-order valence-electron chi connectivity index (χ3n) is 3.39. The van der Waals surface area contributed by atoms with Gasteiger partial charge in [0.15, 0.2) is 10.9 Å². The first-order valence-electron chi connectivity index (χ1n) is 7.37. The van der Waals surface area contributed by atoms with Gasteiger partial charge in [-0.2, -0.15) is 0 Å². The lowest BCUT2D eigenvalue weighted by Crippen LogP contribution is -2.12. The normalized spacial score (nSPS) is 11.0. The van der Waals surface area contributed by atoms with E-state index in [0.29, 0.717) is 16.5 Å². The first kappa shape index (κ1) is 15.5. The lowest BCUT2D eigenvalue weighted by molar-refractivity contribution is 0.102. The number of benzene rings is 1. The summed E-state index contributed by atoms with van der Waals surface area (Å²) in [4.78, 5) is 26.5. The average Bonchev–Trinajstić information content (AvgIpc) is 2.96. The van der Waals surface area contributed by atoms with Crippen LogP contribution >= 0.6 is 11.8 Å². The molecule has 2 aromatic heterocycles. The molecule has 0 amide bonds. The second kappa shape index (κ2) is 6.78. The van der Waals surface area contributed by atoms with Gasteiger partial charge in [0.2, 0.25) is 5.78 Å². The molecule has 0 aliphatic carbocycles. The number of rotatable bonds is 6. The van der Waals surface area contributed by atoms with Gasteiger partial charge in [-0.1, -0.05) is 55.4 Å². The molecule has 3 rings (SSSR count). The molecule has 118 valence electrons. The van der Waals surface area contributed by atoms with Gasteiger partial charge in [0, 0.05) is 17.3 Å². The number of fused-ring (bicyclic) bond motifs is 1. The molecule has 6 nitrogen and oxygen atoms in total. The molecule has 2 heterocycles. The number of hydrogen-bond donors (Lipinski definition) is 1. The smallest absolute Gasteiger partial charge is 0.252 e. The highest BCUT2D eigenvalue weighted by atomic mass is 32.2. The van der Waals surface area contributed by atoms with Gasteiger partial charge in [0.1, 0.15) is 0 Å². The second-order valence-corrected chi connectivity index (χ2v) is 6.04. The summed E-state index contributed by atoms with van der Waals surface area (Å²) in [5.74, 6) is 0.722. The largest absolute Gasteiger partial charge is 0.293 e. The molecule has 1 N–H and O–H groups in total. The Morgan fingerprint density at radius 3 is 2.78 bits per heavy atom. The number of nitrogens with one attached hydrogen (secondary N) is 1. The maximum absolute atomic E-state index is 12.2. The Morgan fingerprint density at radius 1 is 1.26 bits per heavy atom. The number of hydrogen-bond acceptors (Lipinski definition) is 5. The predicted octanol–water partition coefficient (Wildman–Crippen LogP) is 2.35. The summed E-state index contributed by atoms with van der Waals surface area (Å²) in [7, 11) is 0. The summed E-state index contributed by atoms with van der Waals surface area (Å²) >= 11 is 1.32. The fraction of sp³-hybridized carbons (Fsp3) is 0.250. The molecular formula is C16H16N4O2S. The Labute approximate surface area is 137 Å². The highest BCUT2D eigenvalue weighted by Crippen LogP contribution is 2.19. The van der Waals surface area contributed by atoms with Crippen LogP contribution < -0.4 is 5.56 Å². The van der Waals surface area contributed by atoms with Crippen LogP contribution in [-0.2, 0) is 6.42 Å². The Bertz CT molecular complexity index is 886. The summed E-state index contributed by atoms with van der Waals surface area (Å²) in [6.07, 6.45) is 1.66. The number of nitrogens with zero attached hydrogens (tertiary/aromatic N) is 3. The van der Waals surface area contributed by atoms with E-state index in [1.54, 1.807) is 18.2 Å². The molecule has 1 aromatic carbocycles. The molecule has 0 radical (unpaired) electrons. The van der Waals surface area contributed by atoms with Crippen LogP contribution in [0.3, 0.4) is 0 Å². The number of H-pyrrole nitrogens is 1. The zero-order valence-electron chi connectivity index (χ0n) is 12.7. The third kappa shape index (κ3) is 3.34. The van der Waals surface area contributed by atoms with E-state index in [2.05, 4.69) is 15.2 Å². The summed E-state index contributed by atoms with van der Waals surface area (Å²) in [6, 6.07) is 10.7. The molecule has 0 fully saturated rings. The molecule has 0 saturated heterocycles. The Morgan fingerprint density at radius 2 is 2.04 bits per heavy atom. The third-order valence-corrected chi connectivity index (χ3v) is 4.32. The summed E-state index contributed by atoms with van der Waals surface area (Å²) in [6.45, 7) is 2.04. The first-order chi connectivity index (χ1) is 11.2. The lowest BCUT2D eigenvalue weighted by Gasteiger charge is -2.05. The van der Waals surface area contributed by atoms with Gasteiger partial charge in [-0.3, -0.25) is 19.0 Å². The van der Waals surface area contributed by atoms with Crippen molar-refractivity contribution < 1.29 is 4.79 Å². The maximum atomic E-state index is 12.2. The monoisotopic (exact) mass is 328 g/mol. The Kier molecular flexibility index (Phi) is 4.57. The molecule has 0 spiro atoms. The van der Waals surface area contributed by atoms with Crippen LogP contribution in [0.15, 0.2) is 46.3 Å². The van der Waals surface area contributed by atoms with Crippen LogP contribution in [0.1, 0.15) is 29.4 Å². The van der Waals surface area contributed by atoms with Gasteiger partial charge in [-0.25, -0.2) is 0 Å². The summed E-state index contributed by atoms with van der Waals surface area (Å²) in [5.41, 5.74) is 1.34. The van der Waals surface area contributed by atoms with Crippen molar-refractivity contribution in [2.75, 3.05) is 5.75 Å². The number of aromatic nitrogens is 4. The fourth-order valence-electron chi connectivity index (χ4n) is 2.34. The van der Waals surface area contributed by atoms with E-state index >= 15 is 0 Å². The van der Waals surface area contributed by atoms with E-state index in [0.717, 1.165) is 18.5 Å². The molecular weight excluding hydrogens is 312 g/mol. The van der Waals surface area contributed by atoms with Crippen molar-refractivity contribution in [1.29, 1.82) is 0 Å². The van der Waals surface area contributed by atoms with Crippen molar-refractivity contribution >= 4 is 23.3 Å². The predicted molar refractivity (Wildman–Crippen MR) is 89.1 cm³/mol. The number of Topliss-reactive ketones (excluding diaryl/α,β-unsaturated/α-hetero) is 1. The molecule has 3 aromatic rings. The van der Waals surface area contributed by atoms with Gasteiger partial charge in [-0.15, -0.1) is 10.2 Å². The van der Waals surface area contributed by atoms with Crippen LogP contribution in [0, 0.1) is 0 Å². The van der Waals surface area contributed by atoms with Crippen molar-refractivity contribution in [2.45, 2.75) is 24.9 Å². The highest BCUT2D eigenvalue weighted by Gasteiger charge is 2.14. The summed E-state index contributed by atoms with van der Waals surface area (Å²) in [5, 5.41) is 8.71. The molecule has 0 saturated carbocycles. The lowest BCUT2D eigenvalue weighted by atomic mass is 10.2. The standard InChI is InChI=1S/C16H16N4O2S/c1-2-6-12-9-14(22)17-15-18-19-16(20(12)15)23-10-13(21)11-7-4-3-5-8-11/h3-5,7-9H,2,6,10H2,1H3,(H,17,18,22). The second-order valence-electron chi connectivity index (χ2n) is 5.09. The van der Waals surface area contributed by atoms with Gasteiger partial charge < -0.3 is 0 Å². The van der Waals surface area contributed by atoms with E-state index in [4.69, 9.17) is 0 Å². The number of aryl methyl sites for hydroxylation is 1. The Balaban J connectivity index is 1.86. The van der Waals surface area contributed by atoms with E-state index in [9.17, 15) is 9.59 Å². The van der Waals surface area contributed by atoms with Gasteiger partial charge in [0.05, 0.1) is 5.75 Å². The van der Waals surface area contributed by atoms with Gasteiger partial charge in [0.25, 0.3) is 5.56 Å². The van der Waals surface area contributed by atoms with Crippen LogP contribution in [0.2, 0.25) is 0 Å². The molecule has 0 bridgehead atoms. The number of carbonyl (C=O) groups excluding carboxylic acids is 1. The molecule has 0 unspecified atom stereocenters. The van der Waals surface area contributed by atoms with Crippen LogP contribution in [0.4, 0.5) is 0 Å². The summed E-state index contributed by atoms with van der Waals surface area (Å²) < 4.78 is 1.81. The van der Waals surface area contributed by atoms with E-state index in [1.807, 2.05) is 29.5 Å². The minimum Gasteiger partial charge on any atom is -0.293 e. The number of thioether (sulfide) groups is 1. The first-order valence-corrected chi connectivity index (χ1v) is 8.36. The highest BCUT2D eigenvalue weighted by molar-refractivity contribution is 7.99. The number of carbonyl (C=O) groups is 1. The minimum atomic E-state index is -0.190. The van der Waals surface area contributed by atoms with Crippen molar-refractivity contribution in [3.8, 4) is 0 Å². The van der Waals surface area contributed by atoms with Crippen molar-refractivity contribution in [3.63, 3.8) is 0 Å². The van der Waals surface area contributed by atoms with Crippen molar-refractivity contribution in [1.82, 2.24) is 19.6 Å². The quantitative estimate of drug-likeness (QED) is 0.555. The SMILES string of the molecule is CCCc1cc(=O)[nH]c2nnc(SCC(=O)c3ccccc3)n12. The zero-order chi connectivity index (χ0) is 16.2. The average molecular weight is 328 g/mol. The number of ketones is 1. The molecule has 23 heavy (non-hydrogen) atoms. The van der Waals surface area contributed by atoms with Crippen molar-refractivity contribution in [2.24, 2.45) is 0 Å². The maximum Gasteiger partial charge on any atom is 0.252 e. The van der Waals surface area contributed by atoms with Gasteiger partial charge >= 0.3 is 0 Å². The van der Waals surface area contributed by atoms with Gasteiger partial charge in [-0.05, 0) is 6.42 Å².